The van der Waals surface area contributed by atoms with Gasteiger partial charge in [0.2, 0.25) is 0 Å². The molecule has 1 atom stereocenters. The van der Waals surface area contributed by atoms with Crippen molar-refractivity contribution in [2.24, 2.45) is 0 Å². The lowest BCUT2D eigenvalue weighted by Crippen LogP contribution is -2.44. The van der Waals surface area contributed by atoms with Gasteiger partial charge >= 0.3 is 6.09 Å². The summed E-state index contributed by atoms with van der Waals surface area (Å²) in [6.45, 7) is 11.1. The zero-order valence-electron chi connectivity index (χ0n) is 11.7. The Morgan fingerprint density at radius 1 is 1.47 bits per heavy atom. The van der Waals surface area contributed by atoms with Gasteiger partial charge in [0.1, 0.15) is 5.60 Å². The number of nitrogens with zero attached hydrogens (tertiary/aromatic N) is 1. The standard InChI is InChI=1S/C13H25NO3/c1-10(2)14(9-11-7-6-8-16-11)12(15)17-13(3,4)5/h10-11H,6-9H2,1-5H3. The van der Waals surface area contributed by atoms with Crippen molar-refractivity contribution in [1.82, 2.24) is 4.90 Å². The first kappa shape index (κ1) is 14.3. The zero-order valence-corrected chi connectivity index (χ0v) is 11.7. The second-order valence-corrected chi connectivity index (χ2v) is 5.86. The Balaban J connectivity index is 2.55. The lowest BCUT2D eigenvalue weighted by Gasteiger charge is -2.31. The largest absolute Gasteiger partial charge is 0.444 e. The Kier molecular flexibility index (Phi) is 4.80. The summed E-state index contributed by atoms with van der Waals surface area (Å²) in [5.74, 6) is 0. The van der Waals surface area contributed by atoms with Gasteiger partial charge < -0.3 is 14.4 Å². The van der Waals surface area contributed by atoms with Crippen LogP contribution in [0.25, 0.3) is 0 Å². The van der Waals surface area contributed by atoms with Crippen LogP contribution >= 0.6 is 0 Å². The third-order valence-electron chi connectivity index (χ3n) is 2.68. The van der Waals surface area contributed by atoms with Crippen LogP contribution in [0.15, 0.2) is 0 Å². The Bertz CT molecular complexity index is 252. The van der Waals surface area contributed by atoms with Gasteiger partial charge in [-0.1, -0.05) is 0 Å². The van der Waals surface area contributed by atoms with Crippen LogP contribution in [0.3, 0.4) is 0 Å². The molecule has 4 nitrogen and oxygen atoms in total. The van der Waals surface area contributed by atoms with E-state index in [1.807, 2.05) is 34.6 Å². The molecular formula is C13H25NO3. The highest BCUT2D eigenvalue weighted by atomic mass is 16.6. The normalized spacial score (nSPS) is 20.7. The smallest absolute Gasteiger partial charge is 0.410 e. The summed E-state index contributed by atoms with van der Waals surface area (Å²) in [4.78, 5) is 13.8. The van der Waals surface area contributed by atoms with E-state index in [-0.39, 0.29) is 18.2 Å². The molecule has 1 rings (SSSR count). The fourth-order valence-corrected chi connectivity index (χ4v) is 1.82. The van der Waals surface area contributed by atoms with Gasteiger partial charge in [0, 0.05) is 12.6 Å². The highest BCUT2D eigenvalue weighted by Crippen LogP contribution is 2.17. The fraction of sp³-hybridized carbons (Fsp3) is 0.923. The Hall–Kier alpha value is -0.770. The molecule has 0 bridgehead atoms. The van der Waals surface area contributed by atoms with E-state index in [0.29, 0.717) is 6.54 Å². The van der Waals surface area contributed by atoms with Crippen LogP contribution in [0.4, 0.5) is 4.79 Å². The van der Waals surface area contributed by atoms with Crippen LogP contribution in [0.5, 0.6) is 0 Å². The molecule has 100 valence electrons. The second kappa shape index (κ2) is 5.71. The third kappa shape index (κ3) is 4.94. The zero-order chi connectivity index (χ0) is 13.1. The maximum absolute atomic E-state index is 12.0. The van der Waals surface area contributed by atoms with Gasteiger partial charge in [-0.2, -0.15) is 0 Å². The number of rotatable bonds is 3. The minimum atomic E-state index is -0.444. The first-order chi connectivity index (χ1) is 7.79. The van der Waals surface area contributed by atoms with E-state index < -0.39 is 5.60 Å². The van der Waals surface area contributed by atoms with E-state index in [2.05, 4.69) is 0 Å². The van der Waals surface area contributed by atoms with Gasteiger partial charge in [0.15, 0.2) is 0 Å². The highest BCUT2D eigenvalue weighted by Gasteiger charge is 2.28. The summed E-state index contributed by atoms with van der Waals surface area (Å²) in [5, 5.41) is 0. The quantitative estimate of drug-likeness (QED) is 0.765. The molecule has 0 aliphatic carbocycles. The molecule has 0 aromatic carbocycles. The lowest BCUT2D eigenvalue weighted by atomic mass is 10.2. The molecule has 0 radical (unpaired) electrons. The number of carbonyl (C=O) groups is 1. The molecule has 17 heavy (non-hydrogen) atoms. The molecule has 0 spiro atoms. The second-order valence-electron chi connectivity index (χ2n) is 5.86. The lowest BCUT2D eigenvalue weighted by molar-refractivity contribution is 0.00343. The number of carbonyl (C=O) groups excluding carboxylic acids is 1. The molecule has 1 aliphatic heterocycles. The maximum atomic E-state index is 12.0. The molecule has 1 amide bonds. The molecule has 0 aromatic heterocycles. The van der Waals surface area contributed by atoms with Gasteiger partial charge in [-0.15, -0.1) is 0 Å². The molecule has 4 heteroatoms. The van der Waals surface area contributed by atoms with Crippen LogP contribution in [0.2, 0.25) is 0 Å². The monoisotopic (exact) mass is 243 g/mol. The van der Waals surface area contributed by atoms with Crippen molar-refractivity contribution >= 4 is 6.09 Å². The van der Waals surface area contributed by atoms with Crippen LogP contribution in [-0.4, -0.2) is 41.9 Å². The summed E-state index contributed by atoms with van der Waals surface area (Å²) in [6.07, 6.45) is 2.05. The van der Waals surface area contributed by atoms with Crippen LogP contribution in [0, 0.1) is 0 Å². The summed E-state index contributed by atoms with van der Waals surface area (Å²) in [7, 11) is 0. The molecule has 0 aromatic rings. The number of hydrogen-bond acceptors (Lipinski definition) is 3. The van der Waals surface area contributed by atoms with Gasteiger partial charge in [0.05, 0.1) is 12.6 Å². The molecule has 1 fully saturated rings. The Morgan fingerprint density at radius 2 is 2.12 bits per heavy atom. The molecule has 1 heterocycles. The van der Waals surface area contributed by atoms with E-state index in [9.17, 15) is 4.79 Å². The Morgan fingerprint density at radius 3 is 2.53 bits per heavy atom. The topological polar surface area (TPSA) is 38.8 Å². The van der Waals surface area contributed by atoms with Crippen molar-refractivity contribution in [3.05, 3.63) is 0 Å². The molecule has 1 unspecified atom stereocenters. The summed E-state index contributed by atoms with van der Waals surface area (Å²) < 4.78 is 11.0. The van der Waals surface area contributed by atoms with E-state index in [0.717, 1.165) is 19.4 Å². The van der Waals surface area contributed by atoms with Gasteiger partial charge in [0.25, 0.3) is 0 Å². The van der Waals surface area contributed by atoms with E-state index in [4.69, 9.17) is 9.47 Å². The van der Waals surface area contributed by atoms with Crippen LogP contribution in [0.1, 0.15) is 47.5 Å². The minimum absolute atomic E-state index is 0.133. The van der Waals surface area contributed by atoms with Crippen molar-refractivity contribution in [2.45, 2.75) is 65.2 Å². The van der Waals surface area contributed by atoms with Crippen molar-refractivity contribution < 1.29 is 14.3 Å². The first-order valence-electron chi connectivity index (χ1n) is 6.41. The van der Waals surface area contributed by atoms with Crippen molar-refractivity contribution in [2.75, 3.05) is 13.2 Å². The summed E-state index contributed by atoms with van der Waals surface area (Å²) in [5.41, 5.74) is -0.444. The van der Waals surface area contributed by atoms with Gasteiger partial charge in [-0.3, -0.25) is 0 Å². The molecule has 0 N–H and O–H groups in total. The summed E-state index contributed by atoms with van der Waals surface area (Å²) >= 11 is 0. The van der Waals surface area contributed by atoms with Crippen LogP contribution < -0.4 is 0 Å². The van der Waals surface area contributed by atoms with E-state index >= 15 is 0 Å². The predicted octanol–water partition coefficient (Wildman–Crippen LogP) is 2.81. The number of amides is 1. The average molecular weight is 243 g/mol. The average Bonchev–Trinajstić information content (AvgIpc) is 2.62. The number of ether oxygens (including phenoxy) is 2. The first-order valence-corrected chi connectivity index (χ1v) is 6.41. The highest BCUT2D eigenvalue weighted by molar-refractivity contribution is 5.68. The SMILES string of the molecule is CC(C)N(CC1CCCO1)C(=O)OC(C)(C)C. The van der Waals surface area contributed by atoms with Crippen molar-refractivity contribution in [3.8, 4) is 0 Å². The minimum Gasteiger partial charge on any atom is -0.444 e. The van der Waals surface area contributed by atoms with Gasteiger partial charge in [-0.25, -0.2) is 4.79 Å². The van der Waals surface area contributed by atoms with E-state index in [1.54, 1.807) is 4.90 Å². The molecule has 1 saturated heterocycles. The predicted molar refractivity (Wildman–Crippen MR) is 67.1 cm³/mol. The molecule has 0 saturated carbocycles. The Labute approximate surface area is 104 Å². The third-order valence-corrected chi connectivity index (χ3v) is 2.68. The summed E-state index contributed by atoms with van der Waals surface area (Å²) in [6, 6.07) is 0.133. The maximum Gasteiger partial charge on any atom is 0.410 e. The van der Waals surface area contributed by atoms with Gasteiger partial charge in [-0.05, 0) is 47.5 Å². The number of hydrogen-bond donors (Lipinski definition) is 0. The molecule has 1 aliphatic rings. The van der Waals surface area contributed by atoms with Crippen molar-refractivity contribution in [1.29, 1.82) is 0 Å². The van der Waals surface area contributed by atoms with E-state index in [1.165, 1.54) is 0 Å². The van der Waals surface area contributed by atoms with Crippen molar-refractivity contribution in [3.63, 3.8) is 0 Å². The molecular weight excluding hydrogens is 218 g/mol. The fourth-order valence-electron chi connectivity index (χ4n) is 1.82. The van der Waals surface area contributed by atoms with Crippen LogP contribution in [-0.2, 0) is 9.47 Å².